The fraction of sp³-hybridized carbons (Fsp3) is 0.0870. The number of hydrogen-bond donors (Lipinski definition) is 1. The smallest absolute Gasteiger partial charge is 0.263 e. The molecule has 30 heavy (non-hydrogen) atoms. The van der Waals surface area contributed by atoms with Gasteiger partial charge in [-0.15, -0.1) is 11.3 Å². The largest absolute Gasteiger partial charge is 0.487 e. The Kier molecular flexibility index (Phi) is 6.10. The van der Waals surface area contributed by atoms with Gasteiger partial charge in [0.15, 0.2) is 0 Å². The van der Waals surface area contributed by atoms with Crippen LogP contribution in [0.5, 0.6) is 5.75 Å². The number of amides is 1. The molecule has 4 rings (SSSR count). The molecule has 0 aliphatic heterocycles. The lowest BCUT2D eigenvalue weighted by Gasteiger charge is -2.08. The third-order valence-electron chi connectivity index (χ3n) is 4.30. The molecule has 0 aliphatic carbocycles. The second-order valence-electron chi connectivity index (χ2n) is 6.45. The molecule has 150 valence electrons. The summed E-state index contributed by atoms with van der Waals surface area (Å²) in [6.45, 7) is 0.711. The van der Waals surface area contributed by atoms with Gasteiger partial charge in [0.25, 0.3) is 5.91 Å². The molecule has 0 fully saturated rings. The molecule has 0 saturated carbocycles. The molecule has 0 unspecified atom stereocenters. The summed E-state index contributed by atoms with van der Waals surface area (Å²) in [4.78, 5) is 21.3. The first-order valence-corrected chi connectivity index (χ1v) is 10.1. The lowest BCUT2D eigenvalue weighted by atomic mass is 10.2. The van der Waals surface area contributed by atoms with Gasteiger partial charge in [-0.2, -0.15) is 0 Å². The zero-order chi connectivity index (χ0) is 20.8. The number of carbonyl (C=O) groups is 1. The second-order valence-corrected chi connectivity index (χ2v) is 7.48. The molecule has 2 heterocycles. The standard InChI is InChI=1S/C23H18FN3O2S/c24-20-10-2-1-9-19(20)23-27-14-21(30-23)22(28)26-13-16-6-5-8-18(12-16)29-15-17-7-3-4-11-25-17/h1-12,14H,13,15H2,(H,26,28). The predicted octanol–water partition coefficient (Wildman–Crippen LogP) is 4.85. The van der Waals surface area contributed by atoms with E-state index in [1.165, 1.54) is 12.3 Å². The van der Waals surface area contributed by atoms with Gasteiger partial charge < -0.3 is 10.1 Å². The van der Waals surface area contributed by atoms with Gasteiger partial charge in [-0.3, -0.25) is 9.78 Å². The Morgan fingerprint density at radius 1 is 1.03 bits per heavy atom. The molecule has 0 atom stereocenters. The van der Waals surface area contributed by atoms with E-state index in [0.29, 0.717) is 34.3 Å². The van der Waals surface area contributed by atoms with Gasteiger partial charge in [0.2, 0.25) is 0 Å². The number of ether oxygens (including phenoxy) is 1. The highest BCUT2D eigenvalue weighted by Gasteiger charge is 2.14. The molecule has 0 saturated heterocycles. The fourth-order valence-electron chi connectivity index (χ4n) is 2.79. The van der Waals surface area contributed by atoms with Crippen LogP contribution in [0.25, 0.3) is 10.6 Å². The van der Waals surface area contributed by atoms with Crippen LogP contribution in [0.4, 0.5) is 4.39 Å². The summed E-state index contributed by atoms with van der Waals surface area (Å²) in [7, 11) is 0. The third kappa shape index (κ3) is 4.87. The van der Waals surface area contributed by atoms with E-state index in [4.69, 9.17) is 4.74 Å². The average molecular weight is 419 g/mol. The van der Waals surface area contributed by atoms with Crippen molar-refractivity contribution in [1.82, 2.24) is 15.3 Å². The number of carbonyl (C=O) groups excluding carboxylic acids is 1. The van der Waals surface area contributed by atoms with Crippen LogP contribution in [-0.2, 0) is 13.2 Å². The molecule has 1 amide bonds. The van der Waals surface area contributed by atoms with Gasteiger partial charge in [-0.05, 0) is 42.0 Å². The second kappa shape index (κ2) is 9.28. The topological polar surface area (TPSA) is 64.1 Å². The van der Waals surface area contributed by atoms with Crippen molar-refractivity contribution in [2.45, 2.75) is 13.2 Å². The van der Waals surface area contributed by atoms with E-state index in [2.05, 4.69) is 15.3 Å². The zero-order valence-corrected chi connectivity index (χ0v) is 16.7. The molecule has 4 aromatic rings. The molecule has 2 aromatic carbocycles. The Bertz CT molecular complexity index is 1150. The molecular weight excluding hydrogens is 401 g/mol. The number of hydrogen-bond acceptors (Lipinski definition) is 5. The summed E-state index contributed by atoms with van der Waals surface area (Å²) < 4.78 is 19.7. The van der Waals surface area contributed by atoms with Crippen LogP contribution in [0.15, 0.2) is 79.1 Å². The van der Waals surface area contributed by atoms with E-state index in [1.54, 1.807) is 24.4 Å². The van der Waals surface area contributed by atoms with Crippen LogP contribution >= 0.6 is 11.3 Å². The van der Waals surface area contributed by atoms with Crippen molar-refractivity contribution >= 4 is 17.2 Å². The van der Waals surface area contributed by atoms with Crippen molar-refractivity contribution < 1.29 is 13.9 Å². The average Bonchev–Trinajstić information content (AvgIpc) is 3.27. The minimum Gasteiger partial charge on any atom is -0.487 e. The number of thiazole rings is 1. The van der Waals surface area contributed by atoms with Crippen molar-refractivity contribution in [3.63, 3.8) is 0 Å². The van der Waals surface area contributed by atoms with Gasteiger partial charge in [0, 0.05) is 18.3 Å². The van der Waals surface area contributed by atoms with Crippen LogP contribution in [0.1, 0.15) is 20.9 Å². The Balaban J connectivity index is 1.36. The molecule has 1 N–H and O–H groups in total. The van der Waals surface area contributed by atoms with Crippen LogP contribution in [-0.4, -0.2) is 15.9 Å². The van der Waals surface area contributed by atoms with E-state index in [0.717, 1.165) is 22.6 Å². The Morgan fingerprint density at radius 2 is 1.90 bits per heavy atom. The number of pyridine rings is 1. The summed E-state index contributed by atoms with van der Waals surface area (Å²) >= 11 is 1.16. The lowest BCUT2D eigenvalue weighted by Crippen LogP contribution is -2.21. The Labute approximate surface area is 177 Å². The van der Waals surface area contributed by atoms with Crippen molar-refractivity contribution in [3.05, 3.63) is 101 Å². The lowest BCUT2D eigenvalue weighted by molar-refractivity contribution is 0.0954. The van der Waals surface area contributed by atoms with Gasteiger partial charge in [-0.25, -0.2) is 9.37 Å². The van der Waals surface area contributed by atoms with Crippen molar-refractivity contribution in [1.29, 1.82) is 0 Å². The van der Waals surface area contributed by atoms with Crippen LogP contribution in [0.2, 0.25) is 0 Å². The van der Waals surface area contributed by atoms with Gasteiger partial charge in [0.05, 0.1) is 11.9 Å². The molecule has 0 aliphatic rings. The molecule has 5 nitrogen and oxygen atoms in total. The fourth-order valence-corrected chi connectivity index (χ4v) is 3.65. The normalized spacial score (nSPS) is 10.6. The summed E-state index contributed by atoms with van der Waals surface area (Å²) in [6.07, 6.45) is 3.19. The molecule has 7 heteroatoms. The van der Waals surface area contributed by atoms with Gasteiger partial charge in [-0.1, -0.05) is 30.3 Å². The Hall–Kier alpha value is -3.58. The first-order chi connectivity index (χ1) is 14.7. The van der Waals surface area contributed by atoms with Gasteiger partial charge in [0.1, 0.15) is 28.1 Å². The van der Waals surface area contributed by atoms with Crippen molar-refractivity contribution in [2.75, 3.05) is 0 Å². The quantitative estimate of drug-likeness (QED) is 0.465. The maximum atomic E-state index is 13.9. The Morgan fingerprint density at radius 3 is 2.73 bits per heavy atom. The van der Waals surface area contributed by atoms with Crippen molar-refractivity contribution in [3.8, 4) is 16.3 Å². The number of aromatic nitrogens is 2. The van der Waals surface area contributed by atoms with E-state index >= 15 is 0 Å². The molecule has 0 radical (unpaired) electrons. The van der Waals surface area contributed by atoms with Crippen molar-refractivity contribution in [2.24, 2.45) is 0 Å². The summed E-state index contributed by atoms with van der Waals surface area (Å²) in [5.41, 5.74) is 2.13. The first kappa shape index (κ1) is 19.7. The summed E-state index contributed by atoms with van der Waals surface area (Å²) in [6, 6.07) is 19.6. The predicted molar refractivity (Wildman–Crippen MR) is 114 cm³/mol. The minimum absolute atomic E-state index is 0.255. The van der Waals surface area contributed by atoms with E-state index in [1.807, 2.05) is 42.5 Å². The number of nitrogens with one attached hydrogen (secondary N) is 1. The van der Waals surface area contributed by atoms with E-state index in [-0.39, 0.29) is 11.7 Å². The highest BCUT2D eigenvalue weighted by atomic mass is 32.1. The van der Waals surface area contributed by atoms with Gasteiger partial charge >= 0.3 is 0 Å². The zero-order valence-electron chi connectivity index (χ0n) is 15.9. The van der Waals surface area contributed by atoms with Crippen LogP contribution in [0, 0.1) is 5.82 Å². The molecular formula is C23H18FN3O2S. The first-order valence-electron chi connectivity index (χ1n) is 9.29. The monoisotopic (exact) mass is 419 g/mol. The third-order valence-corrected chi connectivity index (χ3v) is 5.33. The van der Waals surface area contributed by atoms with E-state index < -0.39 is 0 Å². The van der Waals surface area contributed by atoms with Crippen LogP contribution < -0.4 is 10.1 Å². The number of rotatable bonds is 7. The highest BCUT2D eigenvalue weighted by Crippen LogP contribution is 2.27. The molecule has 0 spiro atoms. The summed E-state index contributed by atoms with van der Waals surface area (Å²) in [5, 5.41) is 3.34. The molecule has 2 aromatic heterocycles. The van der Waals surface area contributed by atoms with E-state index in [9.17, 15) is 9.18 Å². The number of halogens is 1. The number of benzene rings is 2. The molecule has 0 bridgehead atoms. The van der Waals surface area contributed by atoms with Crippen LogP contribution in [0.3, 0.4) is 0 Å². The maximum absolute atomic E-state index is 13.9. The highest BCUT2D eigenvalue weighted by molar-refractivity contribution is 7.16. The number of nitrogens with zero attached hydrogens (tertiary/aromatic N) is 2. The SMILES string of the molecule is O=C(NCc1cccc(OCc2ccccn2)c1)c1cnc(-c2ccccc2F)s1. The maximum Gasteiger partial charge on any atom is 0.263 e. The summed E-state index contributed by atoms with van der Waals surface area (Å²) in [5.74, 6) is 0.0863. The minimum atomic E-state index is -0.360.